The van der Waals surface area contributed by atoms with Gasteiger partial charge in [0.05, 0.1) is 16.5 Å². The zero-order valence-electron chi connectivity index (χ0n) is 15.0. The molecule has 0 bridgehead atoms. The molecule has 0 radical (unpaired) electrons. The topological polar surface area (TPSA) is 73.4 Å². The lowest BCUT2D eigenvalue weighted by atomic mass is 9.98. The van der Waals surface area contributed by atoms with Gasteiger partial charge in [0.1, 0.15) is 12.0 Å². The largest absolute Gasteiger partial charge is 0.508 e. The summed E-state index contributed by atoms with van der Waals surface area (Å²) in [5.74, 6) is -0.822. The minimum absolute atomic E-state index is 0.153. The van der Waals surface area contributed by atoms with Gasteiger partial charge >= 0.3 is 0 Å². The quantitative estimate of drug-likeness (QED) is 0.478. The number of nitrogens with one attached hydrogen (secondary N) is 1. The Hall–Kier alpha value is -2.79. The zero-order chi connectivity index (χ0) is 19.4. The highest BCUT2D eigenvalue weighted by Gasteiger charge is 2.24. The first-order valence-corrected chi connectivity index (χ1v) is 9.17. The van der Waals surface area contributed by atoms with E-state index in [1.54, 1.807) is 35.4 Å². The van der Waals surface area contributed by atoms with Crippen molar-refractivity contribution in [1.82, 2.24) is 9.88 Å². The molecule has 0 saturated carbocycles. The first-order valence-electron chi connectivity index (χ1n) is 8.80. The van der Waals surface area contributed by atoms with Crippen LogP contribution in [0.15, 0.2) is 48.7 Å². The molecule has 1 amide bonds. The number of aromatic hydroxyl groups is 1. The van der Waals surface area contributed by atoms with Gasteiger partial charge in [-0.05, 0) is 36.6 Å². The molecule has 2 N–H and O–H groups in total. The number of fused-ring (bicyclic) bond motifs is 1. The van der Waals surface area contributed by atoms with Crippen molar-refractivity contribution in [3.63, 3.8) is 0 Å². The fraction of sp³-hybridized carbons (Fsp3) is 0.238. The molecule has 0 aliphatic rings. The molecule has 1 heterocycles. The Labute approximate surface area is 162 Å². The van der Waals surface area contributed by atoms with Gasteiger partial charge in [-0.2, -0.15) is 0 Å². The van der Waals surface area contributed by atoms with Gasteiger partial charge in [-0.15, -0.1) is 0 Å². The van der Waals surface area contributed by atoms with E-state index >= 15 is 0 Å². The maximum absolute atomic E-state index is 12.9. The summed E-state index contributed by atoms with van der Waals surface area (Å²) in [5.41, 5.74) is 2.67. The molecule has 1 unspecified atom stereocenters. The van der Waals surface area contributed by atoms with Crippen molar-refractivity contribution in [1.29, 1.82) is 0 Å². The van der Waals surface area contributed by atoms with Crippen LogP contribution in [-0.2, 0) is 22.6 Å². The average molecular weight is 385 g/mol. The van der Waals surface area contributed by atoms with Crippen LogP contribution in [0.5, 0.6) is 5.75 Å². The molecule has 3 aromatic rings. The van der Waals surface area contributed by atoms with E-state index in [4.69, 9.17) is 11.6 Å². The number of aromatic amines is 1. The molecule has 0 aliphatic heterocycles. The molecular formula is C21H21ClN2O3. The Bertz CT molecular complexity index is 950. The number of hydrogen-bond acceptors (Lipinski definition) is 3. The third kappa shape index (κ3) is 4.14. The molecule has 1 atom stereocenters. The summed E-state index contributed by atoms with van der Waals surface area (Å²) in [6, 6.07) is 12.3. The second kappa shape index (κ2) is 8.27. The number of hydrogen-bond donors (Lipinski definition) is 2. The predicted molar refractivity (Wildman–Crippen MR) is 106 cm³/mol. The highest BCUT2D eigenvalue weighted by atomic mass is 35.5. The van der Waals surface area contributed by atoms with Crippen LogP contribution >= 0.6 is 11.6 Å². The summed E-state index contributed by atoms with van der Waals surface area (Å²) < 4.78 is 0. The van der Waals surface area contributed by atoms with Crippen molar-refractivity contribution < 1.29 is 14.7 Å². The molecule has 3 rings (SSSR count). The standard InChI is InChI=1S/C21H21ClN2O3/c1-2-24(12-15-4-3-5-18-19(22)11-23-20(15)18)21(27)16(13-25)10-14-6-8-17(26)9-7-14/h3-9,11,13,16,23,26H,2,10,12H2,1H3. The number of nitrogens with zero attached hydrogens (tertiary/aromatic N) is 1. The van der Waals surface area contributed by atoms with E-state index in [9.17, 15) is 14.7 Å². The molecule has 5 nitrogen and oxygen atoms in total. The first-order chi connectivity index (χ1) is 13.0. The zero-order valence-corrected chi connectivity index (χ0v) is 15.7. The summed E-state index contributed by atoms with van der Waals surface area (Å²) in [4.78, 5) is 29.3. The van der Waals surface area contributed by atoms with E-state index in [1.165, 1.54) is 0 Å². The number of H-pyrrole nitrogens is 1. The monoisotopic (exact) mass is 384 g/mol. The number of aromatic nitrogens is 1. The number of benzene rings is 2. The van der Waals surface area contributed by atoms with Crippen molar-refractivity contribution in [2.75, 3.05) is 6.54 Å². The molecule has 27 heavy (non-hydrogen) atoms. The molecule has 0 fully saturated rings. The third-order valence-electron chi connectivity index (χ3n) is 4.68. The van der Waals surface area contributed by atoms with E-state index < -0.39 is 5.92 Å². The van der Waals surface area contributed by atoms with Gasteiger partial charge in [0, 0.05) is 24.7 Å². The fourth-order valence-electron chi connectivity index (χ4n) is 3.18. The van der Waals surface area contributed by atoms with Crippen LogP contribution in [0.4, 0.5) is 0 Å². The number of aldehydes is 1. The van der Waals surface area contributed by atoms with E-state index in [0.29, 0.717) is 30.8 Å². The lowest BCUT2D eigenvalue weighted by Gasteiger charge is -2.24. The lowest BCUT2D eigenvalue weighted by molar-refractivity contribution is -0.138. The van der Waals surface area contributed by atoms with Gasteiger partial charge in [0.15, 0.2) is 0 Å². The van der Waals surface area contributed by atoms with Crippen LogP contribution in [0.1, 0.15) is 18.1 Å². The van der Waals surface area contributed by atoms with Crippen molar-refractivity contribution >= 4 is 34.7 Å². The predicted octanol–water partition coefficient (Wildman–Crippen LogP) is 3.93. The Morgan fingerprint density at radius 3 is 2.67 bits per heavy atom. The average Bonchev–Trinajstić information content (AvgIpc) is 3.07. The number of phenols is 1. The Balaban J connectivity index is 1.79. The van der Waals surface area contributed by atoms with E-state index in [1.807, 2.05) is 25.1 Å². The Kier molecular flexibility index (Phi) is 5.81. The summed E-state index contributed by atoms with van der Waals surface area (Å²) >= 11 is 6.18. The first kappa shape index (κ1) is 19.0. The minimum atomic E-state index is -0.763. The summed E-state index contributed by atoms with van der Waals surface area (Å²) in [7, 11) is 0. The Morgan fingerprint density at radius 1 is 1.26 bits per heavy atom. The number of para-hydroxylation sites is 1. The number of rotatable bonds is 7. The molecule has 0 spiro atoms. The maximum atomic E-state index is 12.9. The van der Waals surface area contributed by atoms with E-state index in [-0.39, 0.29) is 11.7 Å². The summed E-state index contributed by atoms with van der Waals surface area (Å²) in [5, 5.41) is 10.9. The minimum Gasteiger partial charge on any atom is -0.508 e. The molecule has 0 saturated heterocycles. The second-order valence-corrected chi connectivity index (χ2v) is 6.85. The SMILES string of the molecule is CCN(Cc1cccc2c(Cl)c[nH]c12)C(=O)C(C=O)Cc1ccc(O)cc1. The van der Waals surface area contributed by atoms with Gasteiger partial charge in [-0.25, -0.2) is 0 Å². The molecule has 140 valence electrons. The highest BCUT2D eigenvalue weighted by Crippen LogP contribution is 2.26. The lowest BCUT2D eigenvalue weighted by Crippen LogP contribution is -2.37. The number of phenolic OH excluding ortho intramolecular Hbond substituents is 1. The van der Waals surface area contributed by atoms with E-state index in [2.05, 4.69) is 4.98 Å². The third-order valence-corrected chi connectivity index (χ3v) is 4.99. The second-order valence-electron chi connectivity index (χ2n) is 6.44. The van der Waals surface area contributed by atoms with Crippen molar-refractivity contribution in [3.8, 4) is 5.75 Å². The van der Waals surface area contributed by atoms with Crippen LogP contribution in [0.2, 0.25) is 5.02 Å². The van der Waals surface area contributed by atoms with Gasteiger partial charge in [0.25, 0.3) is 0 Å². The van der Waals surface area contributed by atoms with Crippen LogP contribution in [0.3, 0.4) is 0 Å². The van der Waals surface area contributed by atoms with Crippen LogP contribution in [0, 0.1) is 5.92 Å². The van der Waals surface area contributed by atoms with Gasteiger partial charge in [0.2, 0.25) is 5.91 Å². The van der Waals surface area contributed by atoms with Crippen molar-refractivity contribution in [3.05, 3.63) is 64.8 Å². The molecule has 6 heteroatoms. The van der Waals surface area contributed by atoms with Crippen molar-refractivity contribution in [2.45, 2.75) is 19.9 Å². The van der Waals surface area contributed by atoms with Gasteiger partial charge in [-0.1, -0.05) is 41.9 Å². The Morgan fingerprint density at radius 2 is 2.00 bits per heavy atom. The number of carbonyl (C=O) groups excluding carboxylic acids is 2. The molecule has 1 aromatic heterocycles. The van der Waals surface area contributed by atoms with Crippen molar-refractivity contribution in [2.24, 2.45) is 5.92 Å². The number of amides is 1. The van der Waals surface area contributed by atoms with Crippen LogP contribution in [0.25, 0.3) is 10.9 Å². The van der Waals surface area contributed by atoms with Gasteiger partial charge < -0.3 is 19.8 Å². The smallest absolute Gasteiger partial charge is 0.233 e. The van der Waals surface area contributed by atoms with E-state index in [0.717, 1.165) is 22.0 Å². The molecular weight excluding hydrogens is 364 g/mol. The number of carbonyl (C=O) groups is 2. The van der Waals surface area contributed by atoms with Crippen LogP contribution < -0.4 is 0 Å². The summed E-state index contributed by atoms with van der Waals surface area (Å²) in [6.07, 6.45) is 2.73. The summed E-state index contributed by atoms with van der Waals surface area (Å²) in [6.45, 7) is 2.77. The fourth-order valence-corrected chi connectivity index (χ4v) is 3.39. The number of halogens is 1. The van der Waals surface area contributed by atoms with Crippen LogP contribution in [-0.4, -0.2) is 33.7 Å². The maximum Gasteiger partial charge on any atom is 0.233 e. The molecule has 2 aromatic carbocycles. The normalized spacial score (nSPS) is 12.1. The highest BCUT2D eigenvalue weighted by molar-refractivity contribution is 6.35. The molecule has 0 aliphatic carbocycles. The van der Waals surface area contributed by atoms with Gasteiger partial charge in [-0.3, -0.25) is 4.79 Å².